The maximum atomic E-state index is 11.4. The summed E-state index contributed by atoms with van der Waals surface area (Å²) in [6.07, 6.45) is -1.92. The molecule has 0 aromatic heterocycles. The van der Waals surface area contributed by atoms with Crippen LogP contribution in [0.5, 0.6) is 0 Å². The van der Waals surface area contributed by atoms with E-state index in [2.05, 4.69) is 10.1 Å². The average Bonchev–Trinajstić information content (AvgIpc) is 2.42. The van der Waals surface area contributed by atoms with Gasteiger partial charge >= 0.3 is 12.1 Å². The number of rotatable bonds is 5. The third kappa shape index (κ3) is 4.42. The quantitative estimate of drug-likeness (QED) is 0.627. The van der Waals surface area contributed by atoms with Gasteiger partial charge < -0.3 is 14.2 Å². The molecule has 1 aromatic rings. The van der Waals surface area contributed by atoms with Crippen LogP contribution in [-0.4, -0.2) is 32.5 Å². The van der Waals surface area contributed by atoms with E-state index in [0.717, 1.165) is 5.56 Å². The first kappa shape index (κ1) is 14.0. The number of methoxy groups -OCH3 is 2. The minimum absolute atomic E-state index is 0.115. The van der Waals surface area contributed by atoms with E-state index in [1.807, 2.05) is 30.3 Å². The molecule has 1 aromatic carbocycles. The fourth-order valence-electron chi connectivity index (χ4n) is 1.19. The standard InChI is InChI=1S/C12H15NO5/c1-16-10(11(14)17-2)13-12(15)18-8-9-6-4-3-5-7-9/h3-7,10H,8H2,1-2H3,(H,13,15)/t10-/m0/s1. The third-order valence-electron chi connectivity index (χ3n) is 2.11. The second-order valence-electron chi connectivity index (χ2n) is 3.34. The van der Waals surface area contributed by atoms with Gasteiger partial charge in [0, 0.05) is 7.11 Å². The molecule has 0 fully saturated rings. The number of esters is 1. The van der Waals surface area contributed by atoms with Crippen molar-refractivity contribution < 1.29 is 23.8 Å². The number of nitrogens with one attached hydrogen (secondary N) is 1. The van der Waals surface area contributed by atoms with E-state index >= 15 is 0 Å². The van der Waals surface area contributed by atoms with Gasteiger partial charge in [-0.05, 0) is 5.56 Å². The Kier molecular flexibility index (Phi) is 5.66. The average molecular weight is 253 g/mol. The molecule has 1 rings (SSSR count). The van der Waals surface area contributed by atoms with Gasteiger partial charge in [-0.1, -0.05) is 30.3 Å². The molecule has 0 saturated heterocycles. The van der Waals surface area contributed by atoms with Gasteiger partial charge in [0.05, 0.1) is 7.11 Å². The van der Waals surface area contributed by atoms with Crippen LogP contribution >= 0.6 is 0 Å². The number of benzene rings is 1. The van der Waals surface area contributed by atoms with Crippen LogP contribution in [0.4, 0.5) is 4.79 Å². The zero-order chi connectivity index (χ0) is 13.4. The summed E-state index contributed by atoms with van der Waals surface area (Å²) in [5.41, 5.74) is 0.847. The highest BCUT2D eigenvalue weighted by atomic mass is 16.6. The summed E-state index contributed by atoms with van der Waals surface area (Å²) in [6, 6.07) is 9.18. The lowest BCUT2D eigenvalue weighted by atomic mass is 10.2. The first-order valence-corrected chi connectivity index (χ1v) is 5.25. The van der Waals surface area contributed by atoms with Crippen molar-refractivity contribution in [2.75, 3.05) is 14.2 Å². The Morgan fingerprint density at radius 3 is 2.44 bits per heavy atom. The second kappa shape index (κ2) is 7.29. The zero-order valence-corrected chi connectivity index (χ0v) is 10.2. The normalized spacial score (nSPS) is 11.4. The summed E-state index contributed by atoms with van der Waals surface area (Å²) in [4.78, 5) is 22.5. The molecule has 0 heterocycles. The summed E-state index contributed by atoms with van der Waals surface area (Å²) in [5, 5.41) is 2.23. The van der Waals surface area contributed by atoms with Gasteiger partial charge in [-0.15, -0.1) is 0 Å². The van der Waals surface area contributed by atoms with Crippen molar-refractivity contribution in [1.29, 1.82) is 0 Å². The molecule has 98 valence electrons. The molecule has 0 saturated carbocycles. The van der Waals surface area contributed by atoms with Crippen molar-refractivity contribution in [3.63, 3.8) is 0 Å². The number of carbonyl (C=O) groups is 2. The van der Waals surface area contributed by atoms with Gasteiger partial charge in [-0.2, -0.15) is 0 Å². The molecule has 18 heavy (non-hydrogen) atoms. The Morgan fingerprint density at radius 2 is 1.89 bits per heavy atom. The maximum absolute atomic E-state index is 11.4. The van der Waals surface area contributed by atoms with Crippen LogP contribution in [-0.2, 0) is 25.6 Å². The minimum Gasteiger partial charge on any atom is -0.466 e. The molecule has 1 N–H and O–H groups in total. The molecule has 6 nitrogen and oxygen atoms in total. The maximum Gasteiger partial charge on any atom is 0.409 e. The molecule has 1 amide bonds. The molecule has 6 heteroatoms. The van der Waals surface area contributed by atoms with E-state index in [1.54, 1.807) is 0 Å². The number of amides is 1. The van der Waals surface area contributed by atoms with E-state index < -0.39 is 18.3 Å². The van der Waals surface area contributed by atoms with Crippen LogP contribution in [0, 0.1) is 0 Å². The Hall–Kier alpha value is -2.08. The fraction of sp³-hybridized carbons (Fsp3) is 0.333. The highest BCUT2D eigenvalue weighted by Crippen LogP contribution is 2.01. The van der Waals surface area contributed by atoms with Crippen LogP contribution in [0.3, 0.4) is 0 Å². The monoisotopic (exact) mass is 253 g/mol. The summed E-state index contributed by atoms with van der Waals surface area (Å²) in [5.74, 6) is -0.700. The lowest BCUT2D eigenvalue weighted by molar-refractivity contribution is -0.153. The van der Waals surface area contributed by atoms with E-state index in [4.69, 9.17) is 9.47 Å². The molecule has 0 aliphatic heterocycles. The lowest BCUT2D eigenvalue weighted by Gasteiger charge is -2.14. The topological polar surface area (TPSA) is 73.9 Å². The van der Waals surface area contributed by atoms with Crippen LogP contribution < -0.4 is 5.32 Å². The molecular formula is C12H15NO5. The number of alkyl carbamates (subject to hydrolysis) is 1. The van der Waals surface area contributed by atoms with Gasteiger partial charge in [-0.25, -0.2) is 9.59 Å². The Labute approximate surface area is 105 Å². The van der Waals surface area contributed by atoms with Crippen LogP contribution in [0.25, 0.3) is 0 Å². The molecule has 0 aliphatic carbocycles. The van der Waals surface area contributed by atoms with E-state index in [-0.39, 0.29) is 6.61 Å². The van der Waals surface area contributed by atoms with Gasteiger partial charge in [0.25, 0.3) is 0 Å². The largest absolute Gasteiger partial charge is 0.466 e. The van der Waals surface area contributed by atoms with E-state index in [0.29, 0.717) is 0 Å². The molecule has 0 bridgehead atoms. The van der Waals surface area contributed by atoms with Crippen LogP contribution in [0.2, 0.25) is 0 Å². The Bertz CT molecular complexity index is 393. The highest BCUT2D eigenvalue weighted by molar-refractivity contribution is 5.79. The van der Waals surface area contributed by atoms with Crippen LogP contribution in [0.1, 0.15) is 5.56 Å². The zero-order valence-electron chi connectivity index (χ0n) is 10.2. The third-order valence-corrected chi connectivity index (χ3v) is 2.11. The molecule has 0 spiro atoms. The van der Waals surface area contributed by atoms with E-state index in [1.165, 1.54) is 14.2 Å². The van der Waals surface area contributed by atoms with Gasteiger partial charge in [0.1, 0.15) is 6.61 Å². The molecule has 0 unspecified atom stereocenters. The second-order valence-corrected chi connectivity index (χ2v) is 3.34. The van der Waals surface area contributed by atoms with Gasteiger partial charge in [0.2, 0.25) is 6.23 Å². The summed E-state index contributed by atoms with van der Waals surface area (Å²) in [7, 11) is 2.48. The molecule has 0 aliphatic rings. The summed E-state index contributed by atoms with van der Waals surface area (Å²) < 4.78 is 14.1. The van der Waals surface area contributed by atoms with Gasteiger partial charge in [-0.3, -0.25) is 5.32 Å². The number of ether oxygens (including phenoxy) is 3. The predicted molar refractivity (Wildman–Crippen MR) is 62.6 cm³/mol. The molecule has 0 radical (unpaired) electrons. The minimum atomic E-state index is -1.17. The fourth-order valence-corrected chi connectivity index (χ4v) is 1.19. The van der Waals surface area contributed by atoms with E-state index in [9.17, 15) is 9.59 Å². The van der Waals surface area contributed by atoms with Crippen molar-refractivity contribution in [2.45, 2.75) is 12.8 Å². The Balaban J connectivity index is 2.39. The number of hydrogen-bond acceptors (Lipinski definition) is 5. The van der Waals surface area contributed by atoms with Crippen LogP contribution in [0.15, 0.2) is 30.3 Å². The van der Waals surface area contributed by atoms with Crippen molar-refractivity contribution in [1.82, 2.24) is 5.32 Å². The first-order valence-electron chi connectivity index (χ1n) is 5.25. The lowest BCUT2D eigenvalue weighted by Crippen LogP contribution is -2.42. The molecular weight excluding hydrogens is 238 g/mol. The van der Waals surface area contributed by atoms with Gasteiger partial charge in [0.15, 0.2) is 0 Å². The summed E-state index contributed by atoms with van der Waals surface area (Å²) >= 11 is 0. The molecule has 1 atom stereocenters. The number of carbonyl (C=O) groups excluding carboxylic acids is 2. The first-order chi connectivity index (χ1) is 8.67. The van der Waals surface area contributed by atoms with Crippen molar-refractivity contribution in [2.24, 2.45) is 0 Å². The number of hydrogen-bond donors (Lipinski definition) is 1. The van der Waals surface area contributed by atoms with Crippen molar-refractivity contribution >= 4 is 12.1 Å². The SMILES string of the molecule is COC(=O)[C@@H](NC(=O)OCc1ccccc1)OC. The summed E-state index contributed by atoms with van der Waals surface area (Å²) in [6.45, 7) is 0.115. The van der Waals surface area contributed by atoms with Crippen molar-refractivity contribution in [3.05, 3.63) is 35.9 Å². The smallest absolute Gasteiger partial charge is 0.409 e. The predicted octanol–water partition coefficient (Wildman–Crippen LogP) is 1.06. The van der Waals surface area contributed by atoms with Crippen molar-refractivity contribution in [3.8, 4) is 0 Å². The Morgan fingerprint density at radius 1 is 1.22 bits per heavy atom. The highest BCUT2D eigenvalue weighted by Gasteiger charge is 2.21.